The average molecular weight is 389 g/mol. The van der Waals surface area contributed by atoms with E-state index in [0.717, 1.165) is 6.26 Å². The molecule has 1 aromatic heterocycles. The molecule has 0 aliphatic carbocycles. The van der Waals surface area contributed by atoms with Gasteiger partial charge in [0.15, 0.2) is 15.5 Å². The fourth-order valence-corrected chi connectivity index (χ4v) is 3.06. The highest BCUT2D eigenvalue weighted by Gasteiger charge is 2.19. The third-order valence-corrected chi connectivity index (χ3v) is 4.85. The SMILES string of the molecule is Cn1nc(COc2ccc(S(C)(=O)=O)cc2)c(Br)c1C(=O)O. The second-order valence-corrected chi connectivity index (χ2v) is 7.38. The van der Waals surface area contributed by atoms with Gasteiger partial charge in [-0.2, -0.15) is 5.10 Å². The van der Waals surface area contributed by atoms with Crippen molar-refractivity contribution in [2.24, 2.45) is 7.05 Å². The molecule has 118 valence electrons. The van der Waals surface area contributed by atoms with Gasteiger partial charge < -0.3 is 9.84 Å². The lowest BCUT2D eigenvalue weighted by Crippen LogP contribution is -2.05. The zero-order valence-electron chi connectivity index (χ0n) is 11.8. The largest absolute Gasteiger partial charge is 0.487 e. The van der Waals surface area contributed by atoms with Gasteiger partial charge in [-0.3, -0.25) is 4.68 Å². The Kier molecular flexibility index (Phi) is 4.57. The molecule has 0 spiro atoms. The smallest absolute Gasteiger partial charge is 0.355 e. The van der Waals surface area contributed by atoms with Crippen LogP contribution in [0.2, 0.25) is 0 Å². The molecule has 0 aliphatic rings. The summed E-state index contributed by atoms with van der Waals surface area (Å²) in [5.74, 6) is -0.632. The van der Waals surface area contributed by atoms with Gasteiger partial charge in [0.05, 0.1) is 9.37 Å². The average Bonchev–Trinajstić information content (AvgIpc) is 2.70. The van der Waals surface area contributed by atoms with Gasteiger partial charge in [0.1, 0.15) is 18.1 Å². The van der Waals surface area contributed by atoms with Crippen molar-refractivity contribution >= 4 is 31.7 Å². The standard InChI is InChI=1S/C13H13BrN2O5S/c1-16-12(13(17)18)11(14)10(15-16)7-21-8-3-5-9(6-4-8)22(2,19)20/h3-6H,7H2,1-2H3,(H,17,18). The molecule has 0 saturated carbocycles. The first-order valence-electron chi connectivity index (χ1n) is 6.07. The monoisotopic (exact) mass is 388 g/mol. The van der Waals surface area contributed by atoms with Gasteiger partial charge in [-0.05, 0) is 40.2 Å². The van der Waals surface area contributed by atoms with E-state index in [1.807, 2.05) is 0 Å². The zero-order chi connectivity index (χ0) is 16.5. The lowest BCUT2D eigenvalue weighted by Gasteiger charge is -2.05. The van der Waals surface area contributed by atoms with Crippen LogP contribution in [0, 0.1) is 0 Å². The van der Waals surface area contributed by atoms with Crippen molar-refractivity contribution in [1.29, 1.82) is 0 Å². The normalized spacial score (nSPS) is 11.4. The van der Waals surface area contributed by atoms with Crippen molar-refractivity contribution in [3.8, 4) is 5.75 Å². The van der Waals surface area contributed by atoms with Gasteiger partial charge in [0, 0.05) is 13.3 Å². The van der Waals surface area contributed by atoms with Crippen LogP contribution in [-0.2, 0) is 23.5 Å². The molecule has 22 heavy (non-hydrogen) atoms. The maximum atomic E-state index is 11.4. The highest BCUT2D eigenvalue weighted by atomic mass is 79.9. The number of sulfone groups is 1. The minimum atomic E-state index is -3.25. The fourth-order valence-electron chi connectivity index (χ4n) is 1.81. The number of benzene rings is 1. The minimum Gasteiger partial charge on any atom is -0.487 e. The summed E-state index contributed by atoms with van der Waals surface area (Å²) in [6.45, 7) is 0.0555. The van der Waals surface area contributed by atoms with Crippen molar-refractivity contribution in [3.05, 3.63) is 40.1 Å². The van der Waals surface area contributed by atoms with Crippen LogP contribution in [0.5, 0.6) is 5.75 Å². The zero-order valence-corrected chi connectivity index (χ0v) is 14.2. The number of aryl methyl sites for hydroxylation is 1. The quantitative estimate of drug-likeness (QED) is 0.838. The first kappa shape index (κ1) is 16.5. The molecular formula is C13H13BrN2O5S. The first-order valence-corrected chi connectivity index (χ1v) is 8.76. The van der Waals surface area contributed by atoms with E-state index in [2.05, 4.69) is 21.0 Å². The Bertz CT molecular complexity index is 812. The van der Waals surface area contributed by atoms with E-state index < -0.39 is 15.8 Å². The number of carboxylic acid groups (broad SMARTS) is 1. The second kappa shape index (κ2) is 6.09. The van der Waals surface area contributed by atoms with Crippen LogP contribution in [0.3, 0.4) is 0 Å². The van der Waals surface area contributed by atoms with Crippen molar-refractivity contribution in [3.63, 3.8) is 0 Å². The lowest BCUT2D eigenvalue weighted by molar-refractivity contribution is 0.0684. The van der Waals surface area contributed by atoms with E-state index in [1.165, 1.54) is 36.0 Å². The van der Waals surface area contributed by atoms with Crippen LogP contribution in [0.4, 0.5) is 0 Å². The van der Waals surface area contributed by atoms with E-state index in [4.69, 9.17) is 9.84 Å². The molecule has 0 amide bonds. The number of hydrogen-bond donors (Lipinski definition) is 1. The van der Waals surface area contributed by atoms with Crippen molar-refractivity contribution in [1.82, 2.24) is 9.78 Å². The summed E-state index contributed by atoms with van der Waals surface area (Å²) in [6, 6.07) is 5.96. The van der Waals surface area contributed by atoms with Crippen LogP contribution in [0.1, 0.15) is 16.2 Å². The molecule has 1 heterocycles. The molecule has 0 saturated heterocycles. The Labute approximate surface area is 135 Å². The molecule has 0 fully saturated rings. The molecule has 0 unspecified atom stereocenters. The predicted octanol–water partition coefficient (Wildman–Crippen LogP) is 1.86. The Hall–Kier alpha value is -1.87. The van der Waals surface area contributed by atoms with E-state index >= 15 is 0 Å². The number of hydrogen-bond acceptors (Lipinski definition) is 5. The summed E-state index contributed by atoms with van der Waals surface area (Å²) in [5.41, 5.74) is 0.470. The van der Waals surface area contributed by atoms with Crippen LogP contribution in [0.25, 0.3) is 0 Å². The summed E-state index contributed by atoms with van der Waals surface area (Å²) in [4.78, 5) is 11.3. The minimum absolute atomic E-state index is 0.0334. The van der Waals surface area contributed by atoms with Crippen LogP contribution < -0.4 is 4.74 Å². The van der Waals surface area contributed by atoms with Crippen molar-refractivity contribution in [2.45, 2.75) is 11.5 Å². The topological polar surface area (TPSA) is 98.5 Å². The van der Waals surface area contributed by atoms with E-state index in [0.29, 0.717) is 15.9 Å². The molecule has 0 radical (unpaired) electrons. The van der Waals surface area contributed by atoms with Crippen molar-refractivity contribution in [2.75, 3.05) is 6.26 Å². The van der Waals surface area contributed by atoms with Gasteiger partial charge >= 0.3 is 5.97 Å². The van der Waals surface area contributed by atoms with Gasteiger partial charge in [0.2, 0.25) is 0 Å². The molecular weight excluding hydrogens is 376 g/mol. The van der Waals surface area contributed by atoms with Gasteiger partial charge in [-0.15, -0.1) is 0 Å². The Morgan fingerprint density at radius 1 is 1.36 bits per heavy atom. The molecule has 7 nitrogen and oxygen atoms in total. The summed E-state index contributed by atoms with van der Waals surface area (Å²) >= 11 is 3.19. The third kappa shape index (κ3) is 3.47. The summed E-state index contributed by atoms with van der Waals surface area (Å²) in [6.07, 6.45) is 1.13. The number of ether oxygens (including phenoxy) is 1. The number of aromatic nitrogens is 2. The van der Waals surface area contributed by atoms with Crippen LogP contribution in [0.15, 0.2) is 33.6 Å². The van der Waals surface area contributed by atoms with Crippen LogP contribution in [-0.4, -0.2) is 35.5 Å². The fraction of sp³-hybridized carbons (Fsp3) is 0.231. The number of halogens is 1. The predicted molar refractivity (Wildman–Crippen MR) is 81.8 cm³/mol. The number of carboxylic acids is 1. The highest BCUT2D eigenvalue weighted by molar-refractivity contribution is 9.10. The Morgan fingerprint density at radius 3 is 2.41 bits per heavy atom. The highest BCUT2D eigenvalue weighted by Crippen LogP contribution is 2.23. The third-order valence-electron chi connectivity index (χ3n) is 2.89. The number of nitrogens with zero attached hydrogens (tertiary/aromatic N) is 2. The second-order valence-electron chi connectivity index (χ2n) is 4.57. The van der Waals surface area contributed by atoms with E-state index in [1.54, 1.807) is 0 Å². The summed E-state index contributed by atoms with van der Waals surface area (Å²) in [7, 11) is -1.72. The first-order chi connectivity index (χ1) is 10.2. The van der Waals surface area contributed by atoms with Crippen LogP contribution >= 0.6 is 15.9 Å². The molecule has 9 heteroatoms. The molecule has 0 bridgehead atoms. The summed E-state index contributed by atoms with van der Waals surface area (Å²) in [5, 5.41) is 13.1. The molecule has 2 aromatic rings. The molecule has 1 N–H and O–H groups in total. The Morgan fingerprint density at radius 2 is 1.95 bits per heavy atom. The summed E-state index contributed by atoms with van der Waals surface area (Å²) < 4.78 is 29.8. The molecule has 0 aliphatic heterocycles. The van der Waals surface area contributed by atoms with Crippen molar-refractivity contribution < 1.29 is 23.1 Å². The molecule has 2 rings (SSSR count). The van der Waals surface area contributed by atoms with Gasteiger partial charge in [-0.25, -0.2) is 13.2 Å². The molecule has 1 aromatic carbocycles. The maximum absolute atomic E-state index is 11.4. The Balaban J connectivity index is 2.14. The lowest BCUT2D eigenvalue weighted by atomic mass is 10.3. The number of aromatic carboxylic acids is 1. The van der Waals surface area contributed by atoms with E-state index in [-0.39, 0.29) is 17.2 Å². The van der Waals surface area contributed by atoms with Gasteiger partial charge in [0.25, 0.3) is 0 Å². The maximum Gasteiger partial charge on any atom is 0.355 e. The van der Waals surface area contributed by atoms with E-state index in [9.17, 15) is 13.2 Å². The van der Waals surface area contributed by atoms with Gasteiger partial charge in [-0.1, -0.05) is 0 Å². The number of carbonyl (C=O) groups is 1. The number of rotatable bonds is 5. The molecule has 0 atom stereocenters.